The highest BCUT2D eigenvalue weighted by Gasteiger charge is 2.33. The van der Waals surface area contributed by atoms with Crippen LogP contribution in [0.3, 0.4) is 0 Å². The molecule has 0 unspecified atom stereocenters. The van der Waals surface area contributed by atoms with Crippen molar-refractivity contribution in [3.05, 3.63) is 89.0 Å². The molecule has 3 aromatic rings. The summed E-state index contributed by atoms with van der Waals surface area (Å²) in [6, 6.07) is 12.7. The van der Waals surface area contributed by atoms with Gasteiger partial charge in [0, 0.05) is 24.3 Å². The number of ether oxygens (including phenoxy) is 2. The number of methoxy groups -OCH3 is 1. The maximum Gasteiger partial charge on any atom is 0.338 e. The van der Waals surface area contributed by atoms with Crippen molar-refractivity contribution >= 4 is 45.0 Å². The highest BCUT2D eigenvalue weighted by atomic mass is 79.9. The number of carbonyl (C=O) groups excluding carboxylic acids is 1. The van der Waals surface area contributed by atoms with Crippen LogP contribution in [-0.2, 0) is 9.53 Å². The number of fused-ring (bicyclic) bond motifs is 1. The number of hydrogen-bond donors (Lipinski definition) is 0. The summed E-state index contributed by atoms with van der Waals surface area (Å²) in [6.07, 6.45) is 1.81. The first-order chi connectivity index (χ1) is 16.7. The van der Waals surface area contributed by atoms with Crippen LogP contribution in [0.4, 0.5) is 5.69 Å². The van der Waals surface area contributed by atoms with E-state index in [-0.39, 0.29) is 12.2 Å². The monoisotopic (exact) mass is 555 g/mol. The SMILES string of the molecule is CCOC(=O)C1=C(C)N=c2s/c(=C\c3cc(OC)ccc3Br)c(=O)n2[C@@H]1c1ccc(N(C)C)cc1. The standard InChI is InChI=1S/C26H26BrN3O4S/c1-6-34-25(32)22-15(2)28-26-30(23(22)16-7-9-18(10-8-16)29(3)4)24(31)21(35-26)14-17-13-19(33-5)11-12-20(17)27/h7-14,23H,6H2,1-5H3/b21-14-/t23-/m1/s1. The van der Waals surface area contributed by atoms with Crippen LogP contribution < -0.4 is 24.5 Å². The second-order valence-corrected chi connectivity index (χ2v) is 10.0. The summed E-state index contributed by atoms with van der Waals surface area (Å²) in [5.41, 5.74) is 3.32. The Morgan fingerprint density at radius 3 is 2.57 bits per heavy atom. The zero-order valence-corrected chi connectivity index (χ0v) is 22.6. The Morgan fingerprint density at radius 2 is 1.94 bits per heavy atom. The first-order valence-corrected chi connectivity index (χ1v) is 12.7. The van der Waals surface area contributed by atoms with Crippen LogP contribution in [0.5, 0.6) is 5.75 Å². The Labute approximate surface area is 215 Å². The molecule has 0 radical (unpaired) electrons. The van der Waals surface area contributed by atoms with E-state index < -0.39 is 12.0 Å². The van der Waals surface area contributed by atoms with Gasteiger partial charge in [-0.1, -0.05) is 39.4 Å². The lowest BCUT2D eigenvalue weighted by Crippen LogP contribution is -2.40. The molecule has 0 fully saturated rings. The summed E-state index contributed by atoms with van der Waals surface area (Å²) in [7, 11) is 5.52. The molecule has 7 nitrogen and oxygen atoms in total. The fourth-order valence-electron chi connectivity index (χ4n) is 3.96. The number of benzene rings is 2. The predicted molar refractivity (Wildman–Crippen MR) is 142 cm³/mol. The number of aromatic nitrogens is 1. The number of carbonyl (C=O) groups is 1. The molecule has 0 amide bonds. The molecule has 9 heteroatoms. The van der Waals surface area contributed by atoms with Crippen molar-refractivity contribution in [3.8, 4) is 5.75 Å². The summed E-state index contributed by atoms with van der Waals surface area (Å²) < 4.78 is 13.6. The van der Waals surface area contributed by atoms with Gasteiger partial charge in [0.25, 0.3) is 5.56 Å². The number of allylic oxidation sites excluding steroid dienone is 1. The molecule has 182 valence electrons. The van der Waals surface area contributed by atoms with Crippen molar-refractivity contribution in [1.29, 1.82) is 0 Å². The van der Waals surface area contributed by atoms with Gasteiger partial charge in [0.1, 0.15) is 5.75 Å². The summed E-state index contributed by atoms with van der Waals surface area (Å²) in [5.74, 6) is 0.215. The lowest BCUT2D eigenvalue weighted by atomic mass is 9.95. The summed E-state index contributed by atoms with van der Waals surface area (Å²) in [5, 5.41) is 0. The van der Waals surface area contributed by atoms with Crippen molar-refractivity contribution in [2.75, 3.05) is 32.7 Å². The van der Waals surface area contributed by atoms with Gasteiger partial charge in [0.05, 0.1) is 35.6 Å². The quantitative estimate of drug-likeness (QED) is 0.434. The Bertz CT molecular complexity index is 1490. The van der Waals surface area contributed by atoms with E-state index in [0.717, 1.165) is 21.3 Å². The normalized spacial score (nSPS) is 15.5. The zero-order valence-electron chi connectivity index (χ0n) is 20.2. The van der Waals surface area contributed by atoms with E-state index >= 15 is 0 Å². The molecule has 1 atom stereocenters. The Kier molecular flexibility index (Phi) is 7.28. The third kappa shape index (κ3) is 4.83. The summed E-state index contributed by atoms with van der Waals surface area (Å²) >= 11 is 4.84. The lowest BCUT2D eigenvalue weighted by Gasteiger charge is -2.25. The molecular formula is C26H26BrN3O4S. The lowest BCUT2D eigenvalue weighted by molar-refractivity contribution is -0.139. The number of hydrogen-bond acceptors (Lipinski definition) is 7. The summed E-state index contributed by atoms with van der Waals surface area (Å²) in [4.78, 5) is 33.9. The fourth-order valence-corrected chi connectivity index (χ4v) is 5.36. The zero-order chi connectivity index (χ0) is 25.3. The topological polar surface area (TPSA) is 73.1 Å². The maximum atomic E-state index is 13.7. The first kappa shape index (κ1) is 24.9. The van der Waals surface area contributed by atoms with E-state index in [1.54, 1.807) is 25.5 Å². The van der Waals surface area contributed by atoms with Gasteiger partial charge in [-0.15, -0.1) is 0 Å². The minimum atomic E-state index is -0.641. The highest BCUT2D eigenvalue weighted by Crippen LogP contribution is 2.31. The van der Waals surface area contributed by atoms with Gasteiger partial charge in [-0.25, -0.2) is 9.79 Å². The Morgan fingerprint density at radius 1 is 1.23 bits per heavy atom. The van der Waals surface area contributed by atoms with Crippen LogP contribution >= 0.6 is 27.3 Å². The largest absolute Gasteiger partial charge is 0.497 e. The average Bonchev–Trinajstić information content (AvgIpc) is 3.14. The van der Waals surface area contributed by atoms with E-state index in [0.29, 0.717) is 26.4 Å². The Hall–Kier alpha value is -3.17. The second kappa shape index (κ2) is 10.2. The Balaban J connectivity index is 1.94. The van der Waals surface area contributed by atoms with Crippen LogP contribution in [0.25, 0.3) is 6.08 Å². The van der Waals surface area contributed by atoms with E-state index in [1.807, 2.05) is 67.5 Å². The van der Waals surface area contributed by atoms with Crippen molar-refractivity contribution < 1.29 is 14.3 Å². The highest BCUT2D eigenvalue weighted by molar-refractivity contribution is 9.10. The van der Waals surface area contributed by atoms with Gasteiger partial charge in [-0.3, -0.25) is 9.36 Å². The fraction of sp³-hybridized carbons (Fsp3) is 0.269. The molecular weight excluding hydrogens is 530 g/mol. The van der Waals surface area contributed by atoms with Gasteiger partial charge in [0.15, 0.2) is 4.80 Å². The number of thiazole rings is 1. The first-order valence-electron chi connectivity index (χ1n) is 11.1. The predicted octanol–water partition coefficient (Wildman–Crippen LogP) is 3.64. The van der Waals surface area contributed by atoms with Gasteiger partial charge in [0.2, 0.25) is 0 Å². The molecule has 2 aromatic carbocycles. The third-order valence-electron chi connectivity index (χ3n) is 5.73. The van der Waals surface area contributed by atoms with Crippen molar-refractivity contribution in [2.45, 2.75) is 19.9 Å². The van der Waals surface area contributed by atoms with E-state index in [2.05, 4.69) is 20.9 Å². The van der Waals surface area contributed by atoms with Crippen molar-refractivity contribution in [1.82, 2.24) is 4.57 Å². The number of anilines is 1. The van der Waals surface area contributed by atoms with Gasteiger partial charge < -0.3 is 14.4 Å². The average molecular weight is 556 g/mol. The number of rotatable bonds is 6. The van der Waals surface area contributed by atoms with E-state index in [9.17, 15) is 9.59 Å². The molecule has 1 aliphatic rings. The molecule has 0 spiro atoms. The molecule has 1 aromatic heterocycles. The summed E-state index contributed by atoms with van der Waals surface area (Å²) in [6.45, 7) is 3.77. The number of halogens is 1. The van der Waals surface area contributed by atoms with Gasteiger partial charge in [-0.2, -0.15) is 0 Å². The maximum absolute atomic E-state index is 13.7. The third-order valence-corrected chi connectivity index (χ3v) is 7.44. The van der Waals surface area contributed by atoms with Crippen LogP contribution in [-0.4, -0.2) is 38.3 Å². The molecule has 0 bridgehead atoms. The molecule has 0 saturated carbocycles. The van der Waals surface area contributed by atoms with Gasteiger partial charge in [-0.05, 0) is 61.4 Å². The second-order valence-electron chi connectivity index (χ2n) is 8.18. The number of nitrogens with zero attached hydrogens (tertiary/aromatic N) is 3. The molecule has 4 rings (SSSR count). The molecule has 0 saturated heterocycles. The molecule has 0 aliphatic carbocycles. The van der Waals surface area contributed by atoms with Crippen molar-refractivity contribution in [3.63, 3.8) is 0 Å². The van der Waals surface area contributed by atoms with Crippen LogP contribution in [0.1, 0.15) is 31.0 Å². The number of esters is 1. The van der Waals surface area contributed by atoms with Crippen LogP contribution in [0.2, 0.25) is 0 Å². The van der Waals surface area contributed by atoms with E-state index in [4.69, 9.17) is 9.47 Å². The van der Waals surface area contributed by atoms with E-state index in [1.165, 1.54) is 11.3 Å². The van der Waals surface area contributed by atoms with Crippen LogP contribution in [0, 0.1) is 0 Å². The van der Waals surface area contributed by atoms with Crippen LogP contribution in [0.15, 0.2) is 68.0 Å². The molecule has 0 N–H and O–H groups in total. The molecule has 2 heterocycles. The smallest absolute Gasteiger partial charge is 0.338 e. The van der Waals surface area contributed by atoms with Crippen molar-refractivity contribution in [2.24, 2.45) is 4.99 Å². The molecule has 1 aliphatic heterocycles. The van der Waals surface area contributed by atoms with Gasteiger partial charge >= 0.3 is 5.97 Å². The minimum absolute atomic E-state index is 0.223. The molecule has 35 heavy (non-hydrogen) atoms. The minimum Gasteiger partial charge on any atom is -0.497 e.